The van der Waals surface area contributed by atoms with Crippen LogP contribution in [0.2, 0.25) is 0 Å². The van der Waals surface area contributed by atoms with Gasteiger partial charge in [-0.15, -0.1) is 0 Å². The molecule has 2 N–H and O–H groups in total. The molecule has 46 heavy (non-hydrogen) atoms. The minimum Gasteiger partial charge on any atom is -0.488 e. The molecule has 2 fully saturated rings. The maximum absolute atomic E-state index is 15.7. The molecule has 3 aliphatic heterocycles. The quantitative estimate of drug-likeness (QED) is 0.301. The van der Waals surface area contributed by atoms with Gasteiger partial charge in [-0.2, -0.15) is 0 Å². The van der Waals surface area contributed by atoms with Crippen molar-refractivity contribution in [1.82, 2.24) is 14.8 Å². The maximum atomic E-state index is 15.7. The van der Waals surface area contributed by atoms with Crippen molar-refractivity contribution in [2.24, 2.45) is 0 Å². The third-order valence-electron chi connectivity index (χ3n) is 8.22. The molecular weight excluding hydrogens is 606 g/mol. The Kier molecular flexibility index (Phi) is 9.35. The molecule has 2 amide bonds. The van der Waals surface area contributed by atoms with E-state index in [1.807, 2.05) is 11.8 Å². The van der Waals surface area contributed by atoms with Gasteiger partial charge in [0.1, 0.15) is 35.9 Å². The van der Waals surface area contributed by atoms with E-state index in [-0.39, 0.29) is 59.9 Å². The predicted octanol–water partition coefficient (Wildman–Crippen LogP) is 4.40. The van der Waals surface area contributed by atoms with E-state index in [4.69, 9.17) is 14.2 Å². The molecule has 5 rings (SSSR count). The standard InChI is InChI=1S/C32H36F2N4O8/c1-17(38-14-22(46-32(38)43)13-35-20(4)39)7-8-26(19(3)33)45-21-6-5-10-36(11-9-21)28-25(34)12-23-27-30(28)44-16-18(2)37(27)15-24(29(23)40)31(41)42/h7-8,12,15,18,21-22H,1,5-6,9-11,13-14,16H2,2-4H3,(H,35,39)(H,41,42)/b8-7-,26-19-/t18?,21?,22-/m0/s1. The highest BCUT2D eigenvalue weighted by molar-refractivity contribution is 5.97. The van der Waals surface area contributed by atoms with E-state index < -0.39 is 46.9 Å². The van der Waals surface area contributed by atoms with E-state index in [9.17, 15) is 28.7 Å². The number of carbonyl (C=O) groups is 3. The number of rotatable bonds is 9. The summed E-state index contributed by atoms with van der Waals surface area (Å²) >= 11 is 0. The van der Waals surface area contributed by atoms with Gasteiger partial charge in [-0.1, -0.05) is 6.58 Å². The van der Waals surface area contributed by atoms with Crippen molar-refractivity contribution < 1.29 is 42.5 Å². The number of halogens is 2. The van der Waals surface area contributed by atoms with Crippen LogP contribution in [-0.2, 0) is 14.3 Å². The zero-order valence-electron chi connectivity index (χ0n) is 25.8. The Bertz CT molecular complexity index is 1710. The number of benzene rings is 1. The van der Waals surface area contributed by atoms with Crippen LogP contribution >= 0.6 is 0 Å². The molecule has 0 spiro atoms. The van der Waals surface area contributed by atoms with Gasteiger partial charge in [0.2, 0.25) is 11.3 Å². The van der Waals surface area contributed by atoms with E-state index in [0.717, 1.165) is 6.07 Å². The summed E-state index contributed by atoms with van der Waals surface area (Å²) in [5.74, 6) is -2.77. The molecule has 0 radical (unpaired) electrons. The molecule has 14 heteroatoms. The number of carboxylic acid groups (broad SMARTS) is 1. The lowest BCUT2D eigenvalue weighted by atomic mass is 10.1. The Labute approximate surface area is 263 Å². The Morgan fingerprint density at radius 2 is 1.98 bits per heavy atom. The van der Waals surface area contributed by atoms with Crippen LogP contribution in [-0.4, -0.2) is 77.5 Å². The van der Waals surface area contributed by atoms with Crippen LogP contribution in [0.15, 0.2) is 53.1 Å². The number of ether oxygens (including phenoxy) is 3. The van der Waals surface area contributed by atoms with Crippen LogP contribution in [0.4, 0.5) is 19.3 Å². The highest BCUT2D eigenvalue weighted by Crippen LogP contribution is 2.42. The smallest absolute Gasteiger partial charge is 0.414 e. The molecule has 1 aromatic carbocycles. The van der Waals surface area contributed by atoms with Crippen molar-refractivity contribution in [3.63, 3.8) is 0 Å². The molecule has 0 saturated carbocycles. The number of carboxylic acids is 1. The van der Waals surface area contributed by atoms with E-state index in [1.54, 1.807) is 4.57 Å². The Morgan fingerprint density at radius 3 is 2.67 bits per heavy atom. The second-order valence-electron chi connectivity index (χ2n) is 11.6. The minimum absolute atomic E-state index is 0.0375. The molecule has 2 unspecified atom stereocenters. The van der Waals surface area contributed by atoms with Gasteiger partial charge in [-0.25, -0.2) is 18.4 Å². The normalized spacial score (nSPS) is 21.8. The van der Waals surface area contributed by atoms with Crippen LogP contribution in [0.1, 0.15) is 56.4 Å². The summed E-state index contributed by atoms with van der Waals surface area (Å²) in [6.45, 7) is 9.57. The lowest BCUT2D eigenvalue weighted by Crippen LogP contribution is -2.32. The minimum atomic E-state index is -1.39. The number of anilines is 1. The van der Waals surface area contributed by atoms with Gasteiger partial charge in [0.15, 0.2) is 17.3 Å². The second kappa shape index (κ2) is 13.2. The molecule has 12 nitrogen and oxygen atoms in total. The lowest BCUT2D eigenvalue weighted by Gasteiger charge is -2.32. The van der Waals surface area contributed by atoms with Crippen molar-refractivity contribution in [2.45, 2.75) is 58.3 Å². The molecule has 2 saturated heterocycles. The summed E-state index contributed by atoms with van der Waals surface area (Å²) in [6.07, 6.45) is 4.06. The summed E-state index contributed by atoms with van der Waals surface area (Å²) in [7, 11) is 0. The maximum Gasteiger partial charge on any atom is 0.414 e. The van der Waals surface area contributed by atoms with Crippen molar-refractivity contribution in [2.75, 3.05) is 37.7 Å². The molecule has 4 heterocycles. The summed E-state index contributed by atoms with van der Waals surface area (Å²) in [5, 5.41) is 12.1. The third-order valence-corrected chi connectivity index (χ3v) is 8.22. The molecule has 2 aromatic rings. The Morgan fingerprint density at radius 1 is 1.22 bits per heavy atom. The molecule has 0 bridgehead atoms. The van der Waals surface area contributed by atoms with E-state index in [1.165, 1.54) is 37.1 Å². The third kappa shape index (κ3) is 6.56. The van der Waals surface area contributed by atoms with Gasteiger partial charge < -0.3 is 34.1 Å². The van der Waals surface area contributed by atoms with E-state index >= 15 is 4.39 Å². The van der Waals surface area contributed by atoms with Gasteiger partial charge in [-0.3, -0.25) is 14.5 Å². The number of allylic oxidation sites excluding steroid dienone is 3. The summed E-state index contributed by atoms with van der Waals surface area (Å²) < 4.78 is 49.2. The number of pyridine rings is 1. The first-order valence-electron chi connectivity index (χ1n) is 15.0. The highest BCUT2D eigenvalue weighted by atomic mass is 19.1. The number of carbonyl (C=O) groups excluding carboxylic acids is 2. The molecule has 0 aliphatic carbocycles. The fourth-order valence-electron chi connectivity index (χ4n) is 5.86. The van der Waals surface area contributed by atoms with E-state index in [2.05, 4.69) is 11.9 Å². The first-order chi connectivity index (χ1) is 21.8. The number of nitrogens with one attached hydrogen (secondary N) is 1. The van der Waals surface area contributed by atoms with Crippen molar-refractivity contribution in [3.8, 4) is 5.75 Å². The topological polar surface area (TPSA) is 140 Å². The monoisotopic (exact) mass is 642 g/mol. The van der Waals surface area contributed by atoms with Crippen LogP contribution in [0.5, 0.6) is 5.75 Å². The molecule has 3 atom stereocenters. The van der Waals surface area contributed by atoms with Gasteiger partial charge >= 0.3 is 12.1 Å². The average molecular weight is 643 g/mol. The number of nitrogens with zero attached hydrogens (tertiary/aromatic N) is 3. The van der Waals surface area contributed by atoms with Crippen molar-refractivity contribution >= 4 is 34.6 Å². The molecule has 246 valence electrons. The van der Waals surface area contributed by atoms with E-state index in [0.29, 0.717) is 37.9 Å². The van der Waals surface area contributed by atoms with Gasteiger partial charge in [0.25, 0.3) is 0 Å². The fraction of sp³-hybridized carbons (Fsp3) is 0.438. The van der Waals surface area contributed by atoms with Gasteiger partial charge in [-0.05, 0) is 44.9 Å². The lowest BCUT2D eigenvalue weighted by molar-refractivity contribution is -0.119. The Hall–Kier alpha value is -4.88. The fourth-order valence-corrected chi connectivity index (χ4v) is 5.86. The first kappa shape index (κ1) is 32.5. The largest absolute Gasteiger partial charge is 0.488 e. The number of cyclic esters (lactones) is 1. The zero-order chi connectivity index (χ0) is 33.3. The number of amides is 2. The van der Waals surface area contributed by atoms with Crippen LogP contribution in [0.3, 0.4) is 0 Å². The number of aromatic nitrogens is 1. The first-order valence-corrected chi connectivity index (χ1v) is 15.0. The summed E-state index contributed by atoms with van der Waals surface area (Å²) in [6, 6.07) is 0.788. The zero-order valence-corrected chi connectivity index (χ0v) is 25.8. The van der Waals surface area contributed by atoms with Crippen molar-refractivity contribution in [3.05, 3.63) is 69.9 Å². The van der Waals surface area contributed by atoms with Crippen LogP contribution < -0.4 is 20.4 Å². The molecular formula is C32H36F2N4O8. The average Bonchev–Trinajstić information content (AvgIpc) is 3.22. The molecule has 3 aliphatic rings. The van der Waals surface area contributed by atoms with Gasteiger partial charge in [0.05, 0.1) is 30.0 Å². The van der Waals surface area contributed by atoms with Gasteiger partial charge in [0, 0.05) is 38.3 Å². The molecule has 1 aromatic heterocycles. The predicted molar refractivity (Wildman–Crippen MR) is 164 cm³/mol. The SMILES string of the molecule is C=C(/C=C\C(OC1CCCN(c2c(F)cc3c(=O)c(C(=O)O)cn4c3c2OCC4C)CC1)=C(/C)F)N1C[C@H](CNC(C)=O)OC1=O. The number of hydrogen-bond acceptors (Lipinski definition) is 8. The number of hydrogen-bond donors (Lipinski definition) is 2. The summed E-state index contributed by atoms with van der Waals surface area (Å²) in [4.78, 5) is 51.2. The summed E-state index contributed by atoms with van der Waals surface area (Å²) in [5.41, 5.74) is -0.442. The highest BCUT2D eigenvalue weighted by Gasteiger charge is 2.33. The van der Waals surface area contributed by atoms with Crippen LogP contribution in [0, 0.1) is 5.82 Å². The Balaban J connectivity index is 1.30. The second-order valence-corrected chi connectivity index (χ2v) is 11.6. The van der Waals surface area contributed by atoms with Crippen molar-refractivity contribution in [1.29, 1.82) is 0 Å². The van der Waals surface area contributed by atoms with Crippen LogP contribution in [0.25, 0.3) is 10.9 Å². The number of aromatic carboxylic acids is 1.